The Balaban J connectivity index is 1.96. The number of benzene rings is 2. The van der Waals surface area contributed by atoms with E-state index in [0.717, 1.165) is 17.4 Å². The van der Waals surface area contributed by atoms with Crippen molar-refractivity contribution in [3.05, 3.63) is 65.2 Å². The zero-order chi connectivity index (χ0) is 20.1. The molecule has 1 atom stereocenters. The quantitative estimate of drug-likeness (QED) is 0.657. The fourth-order valence-electron chi connectivity index (χ4n) is 2.87. The molecular weight excluding hydrogens is 374 g/mol. The van der Waals surface area contributed by atoms with Crippen molar-refractivity contribution in [3.8, 4) is 11.3 Å². The Morgan fingerprint density at radius 3 is 2.54 bits per heavy atom. The van der Waals surface area contributed by atoms with E-state index in [0.29, 0.717) is 28.3 Å². The first-order valence-electron chi connectivity index (χ1n) is 9.24. The summed E-state index contributed by atoms with van der Waals surface area (Å²) < 4.78 is 0. The Morgan fingerprint density at radius 2 is 1.82 bits per heavy atom. The van der Waals surface area contributed by atoms with Gasteiger partial charge in [0, 0.05) is 22.5 Å². The molecule has 2 aromatic carbocycles. The van der Waals surface area contributed by atoms with Gasteiger partial charge in [-0.2, -0.15) is 0 Å². The average Bonchev–Trinajstić information content (AvgIpc) is 2.71. The lowest BCUT2D eigenvalue weighted by atomic mass is 10.0. The zero-order valence-corrected chi connectivity index (χ0v) is 16.6. The summed E-state index contributed by atoms with van der Waals surface area (Å²) in [6, 6.07) is 15.9. The van der Waals surface area contributed by atoms with E-state index in [1.165, 1.54) is 0 Å². The molecule has 0 spiro atoms. The second kappa shape index (κ2) is 8.85. The molecule has 1 heterocycles. The van der Waals surface area contributed by atoms with E-state index < -0.39 is 6.04 Å². The van der Waals surface area contributed by atoms with E-state index in [2.05, 4.69) is 15.6 Å². The average molecular weight is 396 g/mol. The number of amides is 2. The van der Waals surface area contributed by atoms with Gasteiger partial charge in [-0.05, 0) is 37.6 Å². The predicted octanol–water partition coefficient (Wildman–Crippen LogP) is 4.20. The number of halogens is 1. The van der Waals surface area contributed by atoms with Gasteiger partial charge in [0.15, 0.2) is 0 Å². The molecule has 0 saturated heterocycles. The van der Waals surface area contributed by atoms with Crippen molar-refractivity contribution in [2.45, 2.75) is 26.3 Å². The molecule has 6 heteroatoms. The standard InChI is InChI=1S/C22H22ClN3O2/c1-3-12-24-21(27)14(2)25-22(28)18-13-20(15-8-10-16(23)11-9-15)26-19-7-5-4-6-17(18)19/h4-11,13-14H,3,12H2,1-2H3,(H,24,27)(H,25,28)/t14-/m1/s1. The topological polar surface area (TPSA) is 71.1 Å². The van der Waals surface area contributed by atoms with E-state index >= 15 is 0 Å². The summed E-state index contributed by atoms with van der Waals surface area (Å²) in [6.07, 6.45) is 0.839. The lowest BCUT2D eigenvalue weighted by Crippen LogP contribution is -2.45. The first-order valence-corrected chi connectivity index (χ1v) is 9.61. The minimum atomic E-state index is -0.634. The number of nitrogens with one attached hydrogen (secondary N) is 2. The number of rotatable bonds is 6. The highest BCUT2D eigenvalue weighted by Gasteiger charge is 2.19. The van der Waals surface area contributed by atoms with E-state index in [-0.39, 0.29) is 11.8 Å². The van der Waals surface area contributed by atoms with Crippen LogP contribution in [0.4, 0.5) is 0 Å². The molecule has 0 saturated carbocycles. The Kier molecular flexibility index (Phi) is 6.26. The molecule has 0 aliphatic heterocycles. The van der Waals surface area contributed by atoms with E-state index in [1.807, 2.05) is 43.3 Å². The van der Waals surface area contributed by atoms with Gasteiger partial charge in [0.05, 0.1) is 16.8 Å². The fraction of sp³-hybridized carbons (Fsp3) is 0.227. The number of hydrogen-bond donors (Lipinski definition) is 2. The predicted molar refractivity (Wildman–Crippen MR) is 112 cm³/mol. The van der Waals surface area contributed by atoms with Crippen molar-refractivity contribution >= 4 is 34.3 Å². The summed E-state index contributed by atoms with van der Waals surface area (Å²) in [5.41, 5.74) is 2.72. The lowest BCUT2D eigenvalue weighted by molar-refractivity contribution is -0.122. The van der Waals surface area contributed by atoms with Gasteiger partial charge in [0.2, 0.25) is 5.91 Å². The van der Waals surface area contributed by atoms with E-state index in [4.69, 9.17) is 11.6 Å². The Hall–Kier alpha value is -2.92. The minimum absolute atomic E-state index is 0.202. The molecule has 0 fully saturated rings. The van der Waals surface area contributed by atoms with Crippen LogP contribution in [0.3, 0.4) is 0 Å². The monoisotopic (exact) mass is 395 g/mol. The molecule has 28 heavy (non-hydrogen) atoms. The summed E-state index contributed by atoms with van der Waals surface area (Å²) in [5.74, 6) is -0.514. The van der Waals surface area contributed by atoms with Crippen LogP contribution < -0.4 is 10.6 Å². The molecule has 1 aromatic heterocycles. The van der Waals surface area contributed by atoms with Crippen molar-refractivity contribution < 1.29 is 9.59 Å². The smallest absolute Gasteiger partial charge is 0.252 e. The van der Waals surface area contributed by atoms with Crippen LogP contribution in [-0.2, 0) is 4.79 Å². The molecule has 5 nitrogen and oxygen atoms in total. The maximum absolute atomic E-state index is 12.9. The van der Waals surface area contributed by atoms with E-state index in [9.17, 15) is 9.59 Å². The number of para-hydroxylation sites is 1. The molecule has 0 radical (unpaired) electrons. The fourth-order valence-corrected chi connectivity index (χ4v) is 3.00. The van der Waals surface area contributed by atoms with Gasteiger partial charge in [-0.3, -0.25) is 9.59 Å². The Morgan fingerprint density at radius 1 is 1.11 bits per heavy atom. The van der Waals surface area contributed by atoms with Gasteiger partial charge >= 0.3 is 0 Å². The van der Waals surface area contributed by atoms with Gasteiger partial charge in [0.25, 0.3) is 5.91 Å². The van der Waals surface area contributed by atoms with Gasteiger partial charge in [-0.15, -0.1) is 0 Å². The Labute approximate surface area is 169 Å². The largest absolute Gasteiger partial charge is 0.354 e. The molecule has 3 aromatic rings. The third kappa shape index (κ3) is 4.49. The number of hydrogen-bond acceptors (Lipinski definition) is 3. The summed E-state index contributed by atoms with van der Waals surface area (Å²) in [5, 5.41) is 6.94. The van der Waals surface area contributed by atoms with Crippen molar-refractivity contribution in [2.75, 3.05) is 6.54 Å². The first-order chi connectivity index (χ1) is 13.5. The van der Waals surface area contributed by atoms with Crippen molar-refractivity contribution in [1.82, 2.24) is 15.6 Å². The van der Waals surface area contributed by atoms with Crippen molar-refractivity contribution in [1.29, 1.82) is 0 Å². The normalized spacial score (nSPS) is 11.8. The molecule has 0 aliphatic carbocycles. The molecular formula is C22H22ClN3O2. The SMILES string of the molecule is CCCNC(=O)[C@@H](C)NC(=O)c1cc(-c2ccc(Cl)cc2)nc2ccccc12. The third-order valence-corrected chi connectivity index (χ3v) is 4.64. The number of fused-ring (bicyclic) bond motifs is 1. The third-order valence-electron chi connectivity index (χ3n) is 4.39. The van der Waals surface area contributed by atoms with Crippen LogP contribution >= 0.6 is 11.6 Å². The molecule has 3 rings (SSSR count). The zero-order valence-electron chi connectivity index (χ0n) is 15.8. The molecule has 2 N–H and O–H groups in total. The summed E-state index contributed by atoms with van der Waals surface area (Å²) in [4.78, 5) is 29.7. The maximum atomic E-state index is 12.9. The number of aromatic nitrogens is 1. The van der Waals surface area contributed by atoms with Crippen molar-refractivity contribution in [3.63, 3.8) is 0 Å². The summed E-state index contributed by atoms with van der Waals surface area (Å²) in [6.45, 7) is 4.23. The number of pyridine rings is 1. The number of carbonyl (C=O) groups is 2. The summed E-state index contributed by atoms with van der Waals surface area (Å²) >= 11 is 5.98. The molecule has 144 valence electrons. The van der Waals surface area contributed by atoms with Crippen LogP contribution in [0, 0.1) is 0 Å². The van der Waals surface area contributed by atoms with Crippen LogP contribution in [0.1, 0.15) is 30.6 Å². The van der Waals surface area contributed by atoms with Gasteiger partial charge in [-0.25, -0.2) is 4.98 Å². The van der Waals surface area contributed by atoms with Crippen LogP contribution in [0.15, 0.2) is 54.6 Å². The number of nitrogens with zero attached hydrogens (tertiary/aromatic N) is 1. The van der Waals surface area contributed by atoms with E-state index in [1.54, 1.807) is 25.1 Å². The second-order valence-corrected chi connectivity index (χ2v) is 7.00. The lowest BCUT2D eigenvalue weighted by Gasteiger charge is -2.15. The summed E-state index contributed by atoms with van der Waals surface area (Å²) in [7, 11) is 0. The van der Waals surface area contributed by atoms with Crippen LogP contribution in [0.5, 0.6) is 0 Å². The van der Waals surface area contributed by atoms with Crippen LogP contribution in [-0.4, -0.2) is 29.4 Å². The molecule has 0 unspecified atom stereocenters. The minimum Gasteiger partial charge on any atom is -0.354 e. The van der Waals surface area contributed by atoms with Crippen molar-refractivity contribution in [2.24, 2.45) is 0 Å². The highest BCUT2D eigenvalue weighted by molar-refractivity contribution is 6.30. The number of carbonyl (C=O) groups excluding carboxylic acids is 2. The van der Waals surface area contributed by atoms with Gasteiger partial charge in [-0.1, -0.05) is 48.9 Å². The molecule has 0 bridgehead atoms. The Bertz CT molecular complexity index is 1000. The van der Waals surface area contributed by atoms with Gasteiger partial charge in [0.1, 0.15) is 6.04 Å². The first kappa shape index (κ1) is 19.8. The second-order valence-electron chi connectivity index (χ2n) is 6.57. The van der Waals surface area contributed by atoms with Crippen LogP contribution in [0.25, 0.3) is 22.2 Å². The molecule has 0 aliphatic rings. The maximum Gasteiger partial charge on any atom is 0.252 e. The molecule has 2 amide bonds. The highest BCUT2D eigenvalue weighted by Crippen LogP contribution is 2.26. The van der Waals surface area contributed by atoms with Crippen LogP contribution in [0.2, 0.25) is 5.02 Å². The highest BCUT2D eigenvalue weighted by atomic mass is 35.5. The van der Waals surface area contributed by atoms with Gasteiger partial charge < -0.3 is 10.6 Å².